The smallest absolute Gasteiger partial charge is 0.278 e. The molecule has 3 aromatic heterocycles. The summed E-state index contributed by atoms with van der Waals surface area (Å²) >= 11 is 1.41. The van der Waals surface area contributed by atoms with E-state index in [1.165, 1.54) is 11.8 Å². The summed E-state index contributed by atoms with van der Waals surface area (Å²) in [7, 11) is 0. The molecule has 0 N–H and O–H groups in total. The van der Waals surface area contributed by atoms with E-state index in [0.717, 1.165) is 6.42 Å². The van der Waals surface area contributed by atoms with Crippen molar-refractivity contribution in [3.05, 3.63) is 47.4 Å². The second kappa shape index (κ2) is 7.53. The van der Waals surface area contributed by atoms with Gasteiger partial charge in [-0.2, -0.15) is 4.98 Å². The minimum atomic E-state index is -0.185. The largest absolute Gasteiger partial charge is 0.472 e. The van der Waals surface area contributed by atoms with E-state index in [9.17, 15) is 4.79 Å². The Hall–Kier alpha value is -2.65. The highest BCUT2D eigenvalue weighted by Crippen LogP contribution is 2.20. The molecule has 1 aliphatic rings. The Morgan fingerprint density at radius 2 is 2.33 bits per heavy atom. The first kappa shape index (κ1) is 17.7. The molecule has 1 atom stereocenters. The molecule has 9 heteroatoms. The fourth-order valence-corrected chi connectivity index (χ4v) is 3.33. The Balaban J connectivity index is 1.85. The van der Waals surface area contributed by atoms with Crippen LogP contribution in [0.2, 0.25) is 0 Å². The van der Waals surface area contributed by atoms with Crippen LogP contribution in [0.1, 0.15) is 6.42 Å². The van der Waals surface area contributed by atoms with Crippen molar-refractivity contribution in [3.8, 4) is 11.7 Å². The average Bonchev–Trinajstić information content (AvgIpc) is 3.29. The van der Waals surface area contributed by atoms with Crippen LogP contribution in [0.15, 0.2) is 47.0 Å². The van der Waals surface area contributed by atoms with Crippen LogP contribution < -0.4 is 10.3 Å². The highest BCUT2D eigenvalue weighted by molar-refractivity contribution is 7.98. The zero-order chi connectivity index (χ0) is 18.8. The Kier molecular flexibility index (Phi) is 4.95. The predicted octanol–water partition coefficient (Wildman–Crippen LogP) is 2.05. The molecule has 27 heavy (non-hydrogen) atoms. The van der Waals surface area contributed by atoms with Gasteiger partial charge in [0, 0.05) is 18.7 Å². The first-order chi connectivity index (χ1) is 13.2. The molecule has 1 saturated heterocycles. The van der Waals surface area contributed by atoms with Gasteiger partial charge in [0.2, 0.25) is 5.88 Å². The molecule has 0 bridgehead atoms. The molecule has 0 spiro atoms. The summed E-state index contributed by atoms with van der Waals surface area (Å²) in [4.78, 5) is 26.1. The Labute approximate surface area is 159 Å². The highest BCUT2D eigenvalue weighted by Gasteiger charge is 2.20. The number of fused-ring (bicyclic) bond motifs is 1. The molecule has 0 radical (unpaired) electrons. The quantitative estimate of drug-likeness (QED) is 0.365. The van der Waals surface area contributed by atoms with Crippen LogP contribution in [0.25, 0.3) is 16.9 Å². The van der Waals surface area contributed by atoms with E-state index in [0.29, 0.717) is 47.6 Å². The average molecular weight is 385 g/mol. The number of aromatic nitrogens is 5. The fourth-order valence-electron chi connectivity index (χ4n) is 3.00. The molecule has 0 unspecified atom stereocenters. The van der Waals surface area contributed by atoms with Gasteiger partial charge >= 0.3 is 0 Å². The summed E-state index contributed by atoms with van der Waals surface area (Å²) in [6.07, 6.45) is 5.94. The summed E-state index contributed by atoms with van der Waals surface area (Å²) in [6.45, 7) is 5.33. The molecule has 0 aliphatic carbocycles. The van der Waals surface area contributed by atoms with Gasteiger partial charge in [-0.1, -0.05) is 23.9 Å². The van der Waals surface area contributed by atoms with Crippen molar-refractivity contribution in [1.82, 2.24) is 24.3 Å². The maximum atomic E-state index is 12.8. The van der Waals surface area contributed by atoms with Crippen LogP contribution >= 0.6 is 11.8 Å². The Bertz CT molecular complexity index is 1040. The summed E-state index contributed by atoms with van der Waals surface area (Å²) in [5.74, 6) is 1.03. The van der Waals surface area contributed by atoms with Crippen LogP contribution in [0.3, 0.4) is 0 Å². The van der Waals surface area contributed by atoms with Gasteiger partial charge in [-0.25, -0.2) is 19.3 Å². The van der Waals surface area contributed by atoms with E-state index >= 15 is 0 Å². The Morgan fingerprint density at radius 3 is 3.07 bits per heavy atom. The molecule has 3 aromatic rings. The normalized spacial score (nSPS) is 16.7. The van der Waals surface area contributed by atoms with Gasteiger partial charge in [0.1, 0.15) is 11.5 Å². The van der Waals surface area contributed by atoms with E-state index < -0.39 is 0 Å². The zero-order valence-electron chi connectivity index (χ0n) is 14.9. The van der Waals surface area contributed by atoms with Crippen molar-refractivity contribution in [2.45, 2.75) is 24.2 Å². The molecule has 8 nitrogen and oxygen atoms in total. The number of rotatable bonds is 6. The number of ether oxygens (including phenoxy) is 2. The van der Waals surface area contributed by atoms with Crippen LogP contribution in [0.4, 0.5) is 0 Å². The lowest BCUT2D eigenvalue weighted by molar-refractivity contribution is 0.138. The lowest BCUT2D eigenvalue weighted by Crippen LogP contribution is -2.22. The van der Waals surface area contributed by atoms with E-state index in [4.69, 9.17) is 9.47 Å². The zero-order valence-corrected chi connectivity index (χ0v) is 15.7. The van der Waals surface area contributed by atoms with Crippen molar-refractivity contribution < 1.29 is 9.47 Å². The van der Waals surface area contributed by atoms with Crippen molar-refractivity contribution >= 4 is 22.8 Å². The van der Waals surface area contributed by atoms with E-state index in [-0.39, 0.29) is 11.7 Å². The number of hydrogen-bond donors (Lipinski definition) is 0. The second-order valence-corrected chi connectivity index (χ2v) is 6.79. The second-order valence-electron chi connectivity index (χ2n) is 6.02. The van der Waals surface area contributed by atoms with Gasteiger partial charge in [0.05, 0.1) is 19.8 Å². The van der Waals surface area contributed by atoms with E-state index in [1.54, 1.807) is 27.7 Å². The molecule has 0 aromatic carbocycles. The Morgan fingerprint density at radius 1 is 1.44 bits per heavy atom. The van der Waals surface area contributed by atoms with Crippen molar-refractivity contribution in [2.75, 3.05) is 19.5 Å². The number of thioether (sulfide) groups is 1. The molecular weight excluding hydrogens is 366 g/mol. The molecule has 4 heterocycles. The summed E-state index contributed by atoms with van der Waals surface area (Å²) in [6, 6.07) is 5.46. The van der Waals surface area contributed by atoms with Gasteiger partial charge in [0.25, 0.3) is 5.56 Å². The van der Waals surface area contributed by atoms with Gasteiger partial charge in [-0.05, 0) is 12.3 Å². The molecule has 0 amide bonds. The maximum absolute atomic E-state index is 12.8. The lowest BCUT2D eigenvalue weighted by Gasteiger charge is -2.14. The van der Waals surface area contributed by atoms with Gasteiger partial charge in [-0.3, -0.25) is 4.79 Å². The molecule has 1 fully saturated rings. The minimum absolute atomic E-state index is 0.00468. The molecule has 4 rings (SSSR count). The lowest BCUT2D eigenvalue weighted by atomic mass is 10.3. The van der Waals surface area contributed by atoms with Gasteiger partial charge in [-0.15, -0.1) is 6.58 Å². The van der Waals surface area contributed by atoms with E-state index in [1.807, 2.05) is 18.4 Å². The molecule has 140 valence electrons. The molecule has 1 aliphatic heterocycles. The van der Waals surface area contributed by atoms with Crippen LogP contribution in [0, 0.1) is 0 Å². The third-order valence-corrected chi connectivity index (χ3v) is 4.80. The van der Waals surface area contributed by atoms with Crippen molar-refractivity contribution in [2.24, 2.45) is 0 Å². The number of pyridine rings is 1. The molecule has 0 saturated carbocycles. The van der Waals surface area contributed by atoms with Gasteiger partial charge < -0.3 is 9.47 Å². The maximum Gasteiger partial charge on any atom is 0.278 e. The highest BCUT2D eigenvalue weighted by atomic mass is 32.2. The van der Waals surface area contributed by atoms with Gasteiger partial charge in [0.15, 0.2) is 16.6 Å². The van der Waals surface area contributed by atoms with E-state index in [2.05, 4.69) is 21.5 Å². The SMILES string of the molecule is C=CCn1c(=O)c2cnc(SC)nc2n1-c1cccc(O[C@H]2CCOC2)n1. The third-order valence-electron chi connectivity index (χ3n) is 4.24. The topological polar surface area (TPSA) is 84.1 Å². The summed E-state index contributed by atoms with van der Waals surface area (Å²) in [5, 5.41) is 1.02. The van der Waals surface area contributed by atoms with Crippen LogP contribution in [0.5, 0.6) is 5.88 Å². The first-order valence-corrected chi connectivity index (χ1v) is 9.79. The first-order valence-electron chi connectivity index (χ1n) is 8.56. The number of allylic oxidation sites excluding steroid dienone is 1. The minimum Gasteiger partial charge on any atom is -0.472 e. The number of hydrogen-bond acceptors (Lipinski definition) is 7. The predicted molar refractivity (Wildman–Crippen MR) is 103 cm³/mol. The third kappa shape index (κ3) is 3.35. The van der Waals surface area contributed by atoms with Crippen molar-refractivity contribution in [3.63, 3.8) is 0 Å². The summed E-state index contributed by atoms with van der Waals surface area (Å²) < 4.78 is 14.5. The standard InChI is InChI=1S/C18H19N5O3S/c1-3-8-22-17(24)13-10-19-18(27-2)21-16(13)23(22)14-5-4-6-15(20-14)26-12-7-9-25-11-12/h3-6,10,12H,1,7-9,11H2,2H3/t12-/m0/s1. The van der Waals surface area contributed by atoms with Crippen LogP contribution in [-0.2, 0) is 11.3 Å². The van der Waals surface area contributed by atoms with Crippen molar-refractivity contribution in [1.29, 1.82) is 0 Å². The fraction of sp³-hybridized carbons (Fsp3) is 0.333. The molecular formula is C18H19N5O3S. The monoisotopic (exact) mass is 385 g/mol. The van der Waals surface area contributed by atoms with Crippen LogP contribution in [-0.4, -0.2) is 49.9 Å². The summed E-state index contributed by atoms with van der Waals surface area (Å²) in [5.41, 5.74) is 0.324. The number of nitrogens with zero attached hydrogens (tertiary/aromatic N) is 5.